The number of hydrogen-bond acceptors (Lipinski definition) is 3. The van der Waals surface area contributed by atoms with Crippen LogP contribution in [0.1, 0.15) is 37.8 Å². The van der Waals surface area contributed by atoms with E-state index in [9.17, 15) is 13.2 Å². The second kappa shape index (κ2) is 7.40. The van der Waals surface area contributed by atoms with Crippen molar-refractivity contribution in [3.8, 4) is 0 Å². The molecule has 0 aliphatic carbocycles. The van der Waals surface area contributed by atoms with Crippen molar-refractivity contribution >= 4 is 16.0 Å². The van der Waals surface area contributed by atoms with Gasteiger partial charge < -0.3 is 5.11 Å². The highest BCUT2D eigenvalue weighted by molar-refractivity contribution is 7.88. The Bertz CT molecular complexity index is 537. The number of nitrogens with one attached hydrogen (secondary N) is 1. The van der Waals surface area contributed by atoms with Gasteiger partial charge in [-0.2, -0.15) is 0 Å². The summed E-state index contributed by atoms with van der Waals surface area (Å²) in [6.45, 7) is 3.84. The molecular weight excluding hydrogens is 278 g/mol. The maximum absolute atomic E-state index is 12.0. The zero-order valence-corrected chi connectivity index (χ0v) is 12.6. The third-order valence-electron chi connectivity index (χ3n) is 2.99. The zero-order chi connectivity index (χ0) is 15.2. The standard InChI is InChI=1S/C14H21NO4S/c1-3-5-13(14(16)17)15-20(18,19)10-12-8-6-11(4-2)7-9-12/h6-9,13,15H,3-5,10H2,1-2H3,(H,16,17). The van der Waals surface area contributed by atoms with Gasteiger partial charge in [-0.3, -0.25) is 4.79 Å². The molecule has 1 aromatic rings. The average molecular weight is 299 g/mol. The van der Waals surface area contributed by atoms with Gasteiger partial charge in [0.15, 0.2) is 0 Å². The van der Waals surface area contributed by atoms with Crippen LogP contribution in [0.5, 0.6) is 0 Å². The molecule has 0 aliphatic heterocycles. The quantitative estimate of drug-likeness (QED) is 0.768. The normalized spacial score (nSPS) is 13.1. The first-order chi connectivity index (χ1) is 9.38. The number of carboxylic acid groups (broad SMARTS) is 1. The largest absolute Gasteiger partial charge is 0.480 e. The van der Waals surface area contributed by atoms with Crippen molar-refractivity contribution in [3.63, 3.8) is 0 Å². The molecule has 1 rings (SSSR count). The van der Waals surface area contributed by atoms with E-state index in [0.29, 0.717) is 12.0 Å². The van der Waals surface area contributed by atoms with Crippen molar-refractivity contribution in [1.29, 1.82) is 0 Å². The number of carbonyl (C=O) groups is 1. The van der Waals surface area contributed by atoms with E-state index in [0.717, 1.165) is 12.0 Å². The molecule has 5 nitrogen and oxygen atoms in total. The molecule has 2 N–H and O–H groups in total. The minimum absolute atomic E-state index is 0.204. The Morgan fingerprint density at radius 3 is 2.20 bits per heavy atom. The summed E-state index contributed by atoms with van der Waals surface area (Å²) in [4.78, 5) is 11.0. The van der Waals surface area contributed by atoms with E-state index in [1.807, 2.05) is 26.0 Å². The van der Waals surface area contributed by atoms with Crippen molar-refractivity contribution in [2.75, 3.05) is 0 Å². The van der Waals surface area contributed by atoms with Gasteiger partial charge in [-0.05, 0) is 24.0 Å². The average Bonchev–Trinajstić information content (AvgIpc) is 2.38. The van der Waals surface area contributed by atoms with E-state index >= 15 is 0 Å². The molecule has 20 heavy (non-hydrogen) atoms. The van der Waals surface area contributed by atoms with Crippen molar-refractivity contribution < 1.29 is 18.3 Å². The zero-order valence-electron chi connectivity index (χ0n) is 11.8. The molecule has 1 atom stereocenters. The molecule has 112 valence electrons. The topological polar surface area (TPSA) is 83.5 Å². The van der Waals surface area contributed by atoms with Crippen LogP contribution in [0.4, 0.5) is 0 Å². The van der Waals surface area contributed by atoms with Gasteiger partial charge in [-0.15, -0.1) is 0 Å². The highest BCUT2D eigenvalue weighted by Gasteiger charge is 2.23. The number of hydrogen-bond donors (Lipinski definition) is 2. The van der Waals surface area contributed by atoms with Crippen LogP contribution in [0, 0.1) is 0 Å². The van der Waals surface area contributed by atoms with Crippen molar-refractivity contribution in [2.45, 2.75) is 44.9 Å². The molecule has 6 heteroatoms. The summed E-state index contributed by atoms with van der Waals surface area (Å²) in [6.07, 6.45) is 1.77. The number of rotatable bonds is 8. The van der Waals surface area contributed by atoms with Gasteiger partial charge in [0.1, 0.15) is 6.04 Å². The minimum Gasteiger partial charge on any atom is -0.480 e. The van der Waals surface area contributed by atoms with E-state index < -0.39 is 22.0 Å². The monoisotopic (exact) mass is 299 g/mol. The van der Waals surface area contributed by atoms with Gasteiger partial charge in [-0.25, -0.2) is 13.1 Å². The van der Waals surface area contributed by atoms with Crippen molar-refractivity contribution in [2.24, 2.45) is 0 Å². The first-order valence-electron chi connectivity index (χ1n) is 6.68. The lowest BCUT2D eigenvalue weighted by atomic mass is 10.1. The lowest BCUT2D eigenvalue weighted by Crippen LogP contribution is -2.41. The third kappa shape index (κ3) is 5.30. The van der Waals surface area contributed by atoms with Crippen LogP contribution >= 0.6 is 0 Å². The molecule has 0 saturated heterocycles. The Morgan fingerprint density at radius 2 is 1.75 bits per heavy atom. The highest BCUT2D eigenvalue weighted by atomic mass is 32.2. The summed E-state index contributed by atoms with van der Waals surface area (Å²) in [5.74, 6) is -1.35. The Labute approximate surface area is 120 Å². The maximum atomic E-state index is 12.0. The summed E-state index contributed by atoms with van der Waals surface area (Å²) in [5, 5.41) is 8.98. The fraction of sp³-hybridized carbons (Fsp3) is 0.500. The predicted octanol–water partition coefficient (Wildman–Crippen LogP) is 1.92. The Morgan fingerprint density at radius 1 is 1.20 bits per heavy atom. The fourth-order valence-corrected chi connectivity index (χ4v) is 3.24. The van der Waals surface area contributed by atoms with Crippen LogP contribution in [0.2, 0.25) is 0 Å². The maximum Gasteiger partial charge on any atom is 0.321 e. The molecular formula is C14H21NO4S. The smallest absolute Gasteiger partial charge is 0.321 e. The number of aryl methyl sites for hydroxylation is 1. The molecule has 0 spiro atoms. The molecule has 0 radical (unpaired) electrons. The van der Waals surface area contributed by atoms with Gasteiger partial charge in [0.2, 0.25) is 10.0 Å². The van der Waals surface area contributed by atoms with Crippen molar-refractivity contribution in [1.82, 2.24) is 4.72 Å². The molecule has 0 aromatic heterocycles. The van der Waals surface area contributed by atoms with E-state index in [4.69, 9.17) is 5.11 Å². The lowest BCUT2D eigenvalue weighted by molar-refractivity contribution is -0.139. The van der Waals surface area contributed by atoms with Gasteiger partial charge in [0.25, 0.3) is 0 Å². The number of aliphatic carboxylic acids is 1. The van der Waals surface area contributed by atoms with Crippen LogP contribution in [0.3, 0.4) is 0 Å². The number of benzene rings is 1. The minimum atomic E-state index is -3.65. The highest BCUT2D eigenvalue weighted by Crippen LogP contribution is 2.09. The Balaban J connectivity index is 2.75. The van der Waals surface area contributed by atoms with E-state index in [-0.39, 0.29) is 12.2 Å². The van der Waals surface area contributed by atoms with E-state index in [1.54, 1.807) is 12.1 Å². The van der Waals surface area contributed by atoms with Gasteiger partial charge >= 0.3 is 5.97 Å². The fourth-order valence-electron chi connectivity index (χ4n) is 1.87. The second-order valence-electron chi connectivity index (χ2n) is 4.73. The molecule has 0 amide bonds. The molecule has 0 fully saturated rings. The van der Waals surface area contributed by atoms with Gasteiger partial charge in [-0.1, -0.05) is 44.5 Å². The summed E-state index contributed by atoms with van der Waals surface area (Å²) < 4.78 is 26.2. The summed E-state index contributed by atoms with van der Waals surface area (Å²) in [5.41, 5.74) is 1.78. The summed E-state index contributed by atoms with van der Waals surface area (Å²) in [7, 11) is -3.65. The first kappa shape index (κ1) is 16.7. The van der Waals surface area contributed by atoms with Gasteiger partial charge in [0, 0.05) is 0 Å². The van der Waals surface area contributed by atoms with Crippen LogP contribution in [-0.4, -0.2) is 25.5 Å². The SMILES string of the molecule is CCCC(NS(=O)(=O)Cc1ccc(CC)cc1)C(=O)O. The number of carboxylic acids is 1. The lowest BCUT2D eigenvalue weighted by Gasteiger charge is -2.14. The van der Waals surface area contributed by atoms with Crippen LogP contribution in [0.15, 0.2) is 24.3 Å². The van der Waals surface area contributed by atoms with E-state index in [2.05, 4.69) is 4.72 Å². The Hall–Kier alpha value is -1.40. The first-order valence-corrected chi connectivity index (χ1v) is 8.33. The molecule has 0 heterocycles. The third-order valence-corrected chi connectivity index (χ3v) is 4.34. The molecule has 0 aliphatic rings. The van der Waals surface area contributed by atoms with Gasteiger partial charge in [0.05, 0.1) is 5.75 Å². The molecule has 0 bridgehead atoms. The second-order valence-corrected chi connectivity index (χ2v) is 6.48. The van der Waals surface area contributed by atoms with Crippen molar-refractivity contribution in [3.05, 3.63) is 35.4 Å². The molecule has 0 saturated carbocycles. The molecule has 1 aromatic carbocycles. The van der Waals surface area contributed by atoms with Crippen LogP contribution in [0.25, 0.3) is 0 Å². The van der Waals surface area contributed by atoms with Crippen LogP contribution in [-0.2, 0) is 27.0 Å². The predicted molar refractivity (Wildman–Crippen MR) is 77.9 cm³/mol. The summed E-state index contributed by atoms with van der Waals surface area (Å²) in [6, 6.07) is 6.22. The molecule has 1 unspecified atom stereocenters. The van der Waals surface area contributed by atoms with E-state index in [1.165, 1.54) is 0 Å². The summed E-state index contributed by atoms with van der Waals surface area (Å²) >= 11 is 0. The number of sulfonamides is 1. The Kier molecular flexibility index (Phi) is 6.16. The van der Waals surface area contributed by atoms with Crippen LogP contribution < -0.4 is 4.72 Å².